The van der Waals surface area contributed by atoms with Crippen LogP contribution in [-0.2, 0) is 45.7 Å². The van der Waals surface area contributed by atoms with Crippen LogP contribution in [0.1, 0.15) is 0 Å². The van der Waals surface area contributed by atoms with Crippen LogP contribution in [0.4, 0.5) is 0 Å². The topological polar surface area (TPSA) is 183 Å². The van der Waals surface area contributed by atoms with E-state index < -0.39 is 29.1 Å². The molecule has 0 bridgehead atoms. The molecule has 17 heteroatoms. The second kappa shape index (κ2) is 5.80. The summed E-state index contributed by atoms with van der Waals surface area (Å²) < 4.78 is 31.7. The lowest BCUT2D eigenvalue weighted by Gasteiger charge is -2.21. The summed E-state index contributed by atoms with van der Waals surface area (Å²) in [6, 6.07) is 0. The van der Waals surface area contributed by atoms with Gasteiger partial charge in [0.2, 0.25) is 0 Å². The average molecular weight is 370 g/mol. The molecule has 6 N–H and O–H groups in total. The molecule has 0 amide bonds. The zero-order valence-electron chi connectivity index (χ0n) is 7.33. The molecule has 0 aromatic rings. The Morgan fingerprint density at radius 1 is 0.647 bits per heavy atom. The molecule has 0 spiro atoms. The molecule has 0 aliphatic carbocycles. The first-order chi connectivity index (χ1) is 7.12. The summed E-state index contributed by atoms with van der Waals surface area (Å²) >= 11 is 8.05. The Morgan fingerprint density at radius 2 is 0.882 bits per heavy atom. The van der Waals surface area contributed by atoms with Gasteiger partial charge in [-0.1, -0.05) is 0 Å². The van der Waals surface area contributed by atoms with Gasteiger partial charge < -0.3 is 29.4 Å². The quantitative estimate of drug-likeness (QED) is 0.334. The Bertz CT molecular complexity index is 410. The summed E-state index contributed by atoms with van der Waals surface area (Å²) in [6.45, 7) is -9.45. The molecule has 0 saturated heterocycles. The summed E-state index contributed by atoms with van der Waals surface area (Å²) in [6.07, 6.45) is 0. The molecule has 0 aromatic heterocycles. The Morgan fingerprint density at radius 3 is 1.06 bits per heavy atom. The molecule has 0 aliphatic rings. The standard InChI is InChI=1S/H6O11P4S2/c1-12(2,3)9-14(7,16)11-15(8,17)10-13(4,5)6/h(H,7,16)(H,8,17)(H2,1,2,3)(H2,4,5,6). The van der Waals surface area contributed by atoms with Crippen molar-refractivity contribution in [3.8, 4) is 0 Å². The van der Waals surface area contributed by atoms with Gasteiger partial charge in [0.05, 0.1) is 0 Å². The van der Waals surface area contributed by atoms with Gasteiger partial charge in [0, 0.05) is 0 Å². The lowest BCUT2D eigenvalue weighted by Crippen LogP contribution is -1.95. The Labute approximate surface area is 104 Å². The summed E-state index contributed by atoms with van der Waals surface area (Å²) in [5.74, 6) is 0. The minimum atomic E-state index is -5.24. The van der Waals surface area contributed by atoms with Gasteiger partial charge >= 0.3 is 29.1 Å². The molecule has 0 radical (unpaired) electrons. The first-order valence-electron chi connectivity index (χ1n) is 3.03. The Balaban J connectivity index is 4.84. The van der Waals surface area contributed by atoms with Crippen LogP contribution in [0, 0.1) is 0 Å². The van der Waals surface area contributed by atoms with E-state index in [0.29, 0.717) is 0 Å². The van der Waals surface area contributed by atoms with E-state index in [-0.39, 0.29) is 0 Å². The SMILES string of the molecule is O=P(O)(O)OP(O)(=S)OP(O)(=S)OP(=O)(O)O. The number of hydrogen-bond donors (Lipinski definition) is 6. The van der Waals surface area contributed by atoms with E-state index in [9.17, 15) is 9.13 Å². The van der Waals surface area contributed by atoms with Crippen molar-refractivity contribution in [2.45, 2.75) is 0 Å². The first kappa shape index (κ1) is 18.4. The van der Waals surface area contributed by atoms with Crippen molar-refractivity contribution in [2.24, 2.45) is 0 Å². The monoisotopic (exact) mass is 370 g/mol. The molecule has 0 aromatic carbocycles. The van der Waals surface area contributed by atoms with E-state index >= 15 is 0 Å². The summed E-state index contributed by atoms with van der Waals surface area (Å²) in [7, 11) is -10.5. The highest BCUT2D eigenvalue weighted by atomic mass is 32.5. The molecule has 0 rings (SSSR count). The van der Waals surface area contributed by atoms with Crippen LogP contribution in [0.25, 0.3) is 0 Å². The fourth-order valence-electron chi connectivity index (χ4n) is 0.429. The highest BCUT2D eigenvalue weighted by molar-refractivity contribution is 8.15. The van der Waals surface area contributed by atoms with Gasteiger partial charge in [-0.05, 0) is 23.6 Å². The van der Waals surface area contributed by atoms with E-state index in [4.69, 9.17) is 29.4 Å². The molecule has 11 nitrogen and oxygen atoms in total. The van der Waals surface area contributed by atoms with E-state index in [2.05, 4.69) is 36.5 Å². The van der Waals surface area contributed by atoms with Crippen molar-refractivity contribution in [1.29, 1.82) is 0 Å². The number of hydrogen-bond acceptors (Lipinski definition) is 7. The summed E-state index contributed by atoms with van der Waals surface area (Å²) in [5, 5.41) is 0. The molecule has 104 valence electrons. The molecule has 0 saturated carbocycles. The van der Waals surface area contributed by atoms with Crippen molar-refractivity contribution in [3.63, 3.8) is 0 Å². The first-order valence-corrected chi connectivity index (χ1v) is 11.3. The maximum atomic E-state index is 10.3. The molecule has 0 fully saturated rings. The zero-order valence-corrected chi connectivity index (χ0v) is 12.5. The lowest BCUT2D eigenvalue weighted by molar-refractivity contribution is 0.242. The molecular formula is H6O11P4S2. The van der Waals surface area contributed by atoms with Crippen molar-refractivity contribution >= 4 is 52.7 Å². The third kappa shape index (κ3) is 11.0. The lowest BCUT2D eigenvalue weighted by atomic mass is 15.7. The smallest absolute Gasteiger partial charge is 0.324 e. The Kier molecular flexibility index (Phi) is 6.28. The van der Waals surface area contributed by atoms with Crippen LogP contribution in [0.5, 0.6) is 0 Å². The zero-order chi connectivity index (χ0) is 14.1. The third-order valence-corrected chi connectivity index (χ3v) is 8.03. The van der Waals surface area contributed by atoms with Gasteiger partial charge in [0.25, 0.3) is 0 Å². The third-order valence-electron chi connectivity index (χ3n) is 0.625. The van der Waals surface area contributed by atoms with Crippen molar-refractivity contribution in [2.75, 3.05) is 0 Å². The van der Waals surface area contributed by atoms with Gasteiger partial charge in [0.15, 0.2) is 0 Å². The molecule has 17 heavy (non-hydrogen) atoms. The van der Waals surface area contributed by atoms with E-state index in [1.165, 1.54) is 0 Å². The molecule has 2 atom stereocenters. The Hall–Kier alpha value is 1.40. The van der Waals surface area contributed by atoms with E-state index in [1.807, 2.05) is 0 Å². The fraction of sp³-hybridized carbons (Fsp3) is 0. The van der Waals surface area contributed by atoms with Crippen LogP contribution in [0.3, 0.4) is 0 Å². The second-order valence-corrected chi connectivity index (χ2v) is 10.7. The predicted molar refractivity (Wildman–Crippen MR) is 60.4 cm³/mol. The maximum Gasteiger partial charge on any atom is 0.476 e. The fourth-order valence-corrected chi connectivity index (χ4v) is 7.97. The van der Waals surface area contributed by atoms with Gasteiger partial charge in [-0.3, -0.25) is 0 Å². The predicted octanol–water partition coefficient (Wildman–Crippen LogP) is -0.345. The second-order valence-electron chi connectivity index (χ2n) is 2.16. The summed E-state index contributed by atoms with van der Waals surface area (Å²) in [4.78, 5) is 51.3. The minimum absolute atomic E-state index is 3.57. The average Bonchev–Trinajstić information content (AvgIpc) is 1.65. The highest BCUT2D eigenvalue weighted by Gasteiger charge is 2.37. The van der Waals surface area contributed by atoms with Crippen molar-refractivity contribution in [1.82, 2.24) is 0 Å². The maximum absolute atomic E-state index is 10.3. The largest absolute Gasteiger partial charge is 0.476 e. The number of rotatable bonds is 6. The minimum Gasteiger partial charge on any atom is -0.324 e. The van der Waals surface area contributed by atoms with Gasteiger partial charge in [-0.2, -0.15) is 0 Å². The van der Waals surface area contributed by atoms with Crippen LogP contribution < -0.4 is 0 Å². The van der Waals surface area contributed by atoms with Crippen LogP contribution in [0.2, 0.25) is 0 Å². The molecule has 0 aliphatic heterocycles. The summed E-state index contributed by atoms with van der Waals surface area (Å²) in [5.41, 5.74) is 0. The highest BCUT2D eigenvalue weighted by Crippen LogP contribution is 2.70. The van der Waals surface area contributed by atoms with E-state index in [1.54, 1.807) is 0 Å². The molecule has 2 unspecified atom stereocenters. The normalized spacial score (nSPS) is 20.6. The van der Waals surface area contributed by atoms with Gasteiger partial charge in [-0.25, -0.2) is 22.1 Å². The molecule has 0 heterocycles. The van der Waals surface area contributed by atoms with Crippen LogP contribution in [-0.4, -0.2) is 29.4 Å². The van der Waals surface area contributed by atoms with Crippen molar-refractivity contribution < 1.29 is 51.4 Å². The van der Waals surface area contributed by atoms with Crippen LogP contribution in [0.15, 0.2) is 0 Å². The number of phosphoric acid groups is 2. The van der Waals surface area contributed by atoms with Crippen molar-refractivity contribution in [3.05, 3.63) is 0 Å². The van der Waals surface area contributed by atoms with Crippen LogP contribution >= 0.6 is 29.1 Å². The van der Waals surface area contributed by atoms with E-state index in [0.717, 1.165) is 0 Å². The molecular weight excluding hydrogens is 364 g/mol. The van der Waals surface area contributed by atoms with Gasteiger partial charge in [-0.15, -0.1) is 0 Å². The van der Waals surface area contributed by atoms with Gasteiger partial charge in [0.1, 0.15) is 0 Å².